The fourth-order valence-electron chi connectivity index (χ4n) is 2.32. The molecule has 2 aliphatic rings. The van der Waals surface area contributed by atoms with Gasteiger partial charge in [-0.05, 0) is 50.1 Å². The lowest BCUT2D eigenvalue weighted by atomic mass is 9.92. The van der Waals surface area contributed by atoms with E-state index in [-0.39, 0.29) is 0 Å². The fourth-order valence-corrected chi connectivity index (χ4v) is 2.32. The van der Waals surface area contributed by atoms with Crippen LogP contribution < -0.4 is 5.32 Å². The highest BCUT2D eigenvalue weighted by Gasteiger charge is 2.40. The first kappa shape index (κ1) is 7.35. The smallest absolute Gasteiger partial charge is 0.00462 e. The summed E-state index contributed by atoms with van der Waals surface area (Å²) in [7, 11) is 0. The minimum Gasteiger partial charge on any atom is -0.317 e. The minimum atomic E-state index is 0.873. The topological polar surface area (TPSA) is 12.0 Å². The third-order valence-electron chi connectivity index (χ3n) is 3.18. The van der Waals surface area contributed by atoms with Crippen molar-refractivity contribution in [2.24, 2.45) is 17.8 Å². The lowest BCUT2D eigenvalue weighted by molar-refractivity contribution is 0.330. The summed E-state index contributed by atoms with van der Waals surface area (Å²) >= 11 is 0. The van der Waals surface area contributed by atoms with Crippen molar-refractivity contribution in [2.75, 3.05) is 13.1 Å². The van der Waals surface area contributed by atoms with E-state index in [2.05, 4.69) is 18.0 Å². The molecule has 2 rings (SSSR count). The molecule has 0 aromatic carbocycles. The lowest BCUT2D eigenvalue weighted by Crippen LogP contribution is -2.28. The molecule has 1 N–H and O–H groups in total. The number of rotatable bonds is 2. The standard InChI is InChI=1S/C10H17N/c1-2-8-7-10(8)9-3-5-11-6-4-9/h2,8-11H,1,3-7H2. The molecule has 1 heteroatoms. The van der Waals surface area contributed by atoms with E-state index in [4.69, 9.17) is 0 Å². The molecule has 1 saturated heterocycles. The van der Waals surface area contributed by atoms with Crippen molar-refractivity contribution in [1.29, 1.82) is 0 Å². The Balaban J connectivity index is 1.81. The molecule has 2 unspecified atom stereocenters. The quantitative estimate of drug-likeness (QED) is 0.593. The van der Waals surface area contributed by atoms with Crippen molar-refractivity contribution in [3.63, 3.8) is 0 Å². The first-order valence-electron chi connectivity index (χ1n) is 4.75. The summed E-state index contributed by atoms with van der Waals surface area (Å²) in [6.45, 7) is 6.33. The van der Waals surface area contributed by atoms with Crippen LogP contribution in [0.2, 0.25) is 0 Å². The van der Waals surface area contributed by atoms with Crippen LogP contribution in [0.4, 0.5) is 0 Å². The molecule has 0 aromatic rings. The summed E-state index contributed by atoms with van der Waals surface area (Å²) in [5, 5.41) is 3.40. The number of nitrogens with one attached hydrogen (secondary N) is 1. The van der Waals surface area contributed by atoms with Crippen LogP contribution in [0, 0.1) is 17.8 Å². The van der Waals surface area contributed by atoms with Gasteiger partial charge in [0.05, 0.1) is 0 Å². The summed E-state index contributed by atoms with van der Waals surface area (Å²) in [4.78, 5) is 0. The molecule has 0 amide bonds. The third-order valence-corrected chi connectivity index (χ3v) is 3.18. The predicted octanol–water partition coefficient (Wildman–Crippen LogP) is 1.81. The molecule has 1 aliphatic carbocycles. The molecular formula is C10H17N. The molecule has 1 nitrogen and oxygen atoms in total. The van der Waals surface area contributed by atoms with Gasteiger partial charge in [0.1, 0.15) is 0 Å². The van der Waals surface area contributed by atoms with Crippen LogP contribution in [0.25, 0.3) is 0 Å². The maximum absolute atomic E-state index is 3.85. The second-order valence-electron chi connectivity index (χ2n) is 3.89. The molecular weight excluding hydrogens is 134 g/mol. The van der Waals surface area contributed by atoms with Gasteiger partial charge in [-0.2, -0.15) is 0 Å². The van der Waals surface area contributed by atoms with Gasteiger partial charge in [-0.25, -0.2) is 0 Å². The largest absolute Gasteiger partial charge is 0.317 e. The SMILES string of the molecule is C=CC1CC1C1CCNCC1. The van der Waals surface area contributed by atoms with Gasteiger partial charge < -0.3 is 5.32 Å². The zero-order chi connectivity index (χ0) is 7.68. The summed E-state index contributed by atoms with van der Waals surface area (Å²) in [5.74, 6) is 2.90. The van der Waals surface area contributed by atoms with Crippen LogP contribution in [0.15, 0.2) is 12.7 Å². The Kier molecular flexibility index (Phi) is 1.99. The van der Waals surface area contributed by atoms with Crippen LogP contribution in [0.1, 0.15) is 19.3 Å². The Morgan fingerprint density at radius 3 is 2.55 bits per heavy atom. The van der Waals surface area contributed by atoms with Gasteiger partial charge in [0, 0.05) is 0 Å². The first-order valence-corrected chi connectivity index (χ1v) is 4.75. The third kappa shape index (κ3) is 1.48. The maximum Gasteiger partial charge on any atom is -0.00462 e. The Morgan fingerprint density at radius 1 is 1.27 bits per heavy atom. The van der Waals surface area contributed by atoms with Crippen LogP contribution in [-0.4, -0.2) is 13.1 Å². The second kappa shape index (κ2) is 2.98. The van der Waals surface area contributed by atoms with Crippen LogP contribution in [-0.2, 0) is 0 Å². The van der Waals surface area contributed by atoms with Crippen molar-refractivity contribution in [3.05, 3.63) is 12.7 Å². The summed E-state index contributed by atoms with van der Waals surface area (Å²) < 4.78 is 0. The average Bonchev–Trinajstić information content (AvgIpc) is 2.85. The van der Waals surface area contributed by atoms with Gasteiger partial charge in [0.2, 0.25) is 0 Å². The van der Waals surface area contributed by atoms with E-state index in [1.165, 1.54) is 32.4 Å². The Bertz CT molecular complexity index is 147. The van der Waals surface area contributed by atoms with E-state index < -0.39 is 0 Å². The highest BCUT2D eigenvalue weighted by Crippen LogP contribution is 2.47. The number of hydrogen-bond donors (Lipinski definition) is 1. The minimum absolute atomic E-state index is 0.873. The fraction of sp³-hybridized carbons (Fsp3) is 0.800. The molecule has 62 valence electrons. The van der Waals surface area contributed by atoms with Gasteiger partial charge in [0.15, 0.2) is 0 Å². The summed E-state index contributed by atoms with van der Waals surface area (Å²) in [6.07, 6.45) is 6.37. The van der Waals surface area contributed by atoms with Crippen LogP contribution in [0.5, 0.6) is 0 Å². The van der Waals surface area contributed by atoms with Crippen LogP contribution in [0.3, 0.4) is 0 Å². The van der Waals surface area contributed by atoms with E-state index in [1.54, 1.807) is 0 Å². The maximum atomic E-state index is 3.85. The summed E-state index contributed by atoms with van der Waals surface area (Å²) in [5.41, 5.74) is 0. The van der Waals surface area contributed by atoms with Gasteiger partial charge in [-0.3, -0.25) is 0 Å². The molecule has 2 fully saturated rings. The summed E-state index contributed by atoms with van der Waals surface area (Å²) in [6, 6.07) is 0. The predicted molar refractivity (Wildman–Crippen MR) is 47.4 cm³/mol. The van der Waals surface area contributed by atoms with E-state index in [9.17, 15) is 0 Å². The number of hydrogen-bond acceptors (Lipinski definition) is 1. The van der Waals surface area contributed by atoms with Crippen molar-refractivity contribution < 1.29 is 0 Å². The van der Waals surface area contributed by atoms with E-state index >= 15 is 0 Å². The molecule has 11 heavy (non-hydrogen) atoms. The van der Waals surface area contributed by atoms with Gasteiger partial charge in [-0.1, -0.05) is 6.08 Å². The van der Waals surface area contributed by atoms with Gasteiger partial charge in [0.25, 0.3) is 0 Å². The Morgan fingerprint density at radius 2 is 2.00 bits per heavy atom. The zero-order valence-corrected chi connectivity index (χ0v) is 7.05. The number of allylic oxidation sites excluding steroid dienone is 1. The van der Waals surface area contributed by atoms with Crippen molar-refractivity contribution in [1.82, 2.24) is 5.32 Å². The van der Waals surface area contributed by atoms with E-state index in [0.717, 1.165) is 17.8 Å². The Hall–Kier alpha value is -0.300. The van der Waals surface area contributed by atoms with E-state index in [1.807, 2.05) is 0 Å². The van der Waals surface area contributed by atoms with Crippen molar-refractivity contribution >= 4 is 0 Å². The Labute approximate surface area is 68.9 Å². The first-order chi connectivity index (χ1) is 5.42. The molecule has 0 radical (unpaired) electrons. The monoisotopic (exact) mass is 151 g/mol. The number of piperidine rings is 1. The van der Waals surface area contributed by atoms with Crippen LogP contribution >= 0.6 is 0 Å². The van der Waals surface area contributed by atoms with Crippen molar-refractivity contribution in [2.45, 2.75) is 19.3 Å². The van der Waals surface area contributed by atoms with Crippen molar-refractivity contribution in [3.8, 4) is 0 Å². The second-order valence-corrected chi connectivity index (χ2v) is 3.89. The molecule has 2 atom stereocenters. The van der Waals surface area contributed by atoms with Gasteiger partial charge in [-0.15, -0.1) is 6.58 Å². The molecule has 0 aromatic heterocycles. The normalized spacial score (nSPS) is 38.5. The molecule has 0 spiro atoms. The molecule has 1 heterocycles. The average molecular weight is 151 g/mol. The molecule has 0 bridgehead atoms. The molecule has 1 aliphatic heterocycles. The zero-order valence-electron chi connectivity index (χ0n) is 7.05. The van der Waals surface area contributed by atoms with Gasteiger partial charge >= 0.3 is 0 Å². The highest BCUT2D eigenvalue weighted by atomic mass is 14.9. The lowest BCUT2D eigenvalue weighted by Gasteiger charge is -2.22. The molecule has 1 saturated carbocycles. The highest BCUT2D eigenvalue weighted by molar-refractivity contribution is 5.01. The van der Waals surface area contributed by atoms with E-state index in [0.29, 0.717) is 0 Å².